The van der Waals surface area contributed by atoms with Gasteiger partial charge < -0.3 is 14.6 Å². The van der Waals surface area contributed by atoms with Crippen molar-refractivity contribution in [2.24, 2.45) is 5.92 Å². The minimum atomic E-state index is -0.873. The van der Waals surface area contributed by atoms with E-state index in [0.29, 0.717) is 6.61 Å². The monoisotopic (exact) mass is 172 g/mol. The molecule has 0 radical (unpaired) electrons. The van der Waals surface area contributed by atoms with E-state index in [9.17, 15) is 9.90 Å². The molecule has 0 aliphatic carbocycles. The summed E-state index contributed by atoms with van der Waals surface area (Å²) in [6.07, 6.45) is 2.93. The van der Waals surface area contributed by atoms with Crippen LogP contribution in [-0.4, -0.2) is 30.2 Å². The fourth-order valence-electron chi connectivity index (χ4n) is 1.57. The summed E-state index contributed by atoms with van der Waals surface area (Å²) in [7, 11) is 0. The zero-order valence-electron chi connectivity index (χ0n) is 7.45. The molecular formula is C9H16O3. The molecular weight excluding hydrogens is 156 g/mol. The molecule has 1 fully saturated rings. The number of carbonyl (C=O) groups excluding carboxylic acids is 1. The van der Waals surface area contributed by atoms with Crippen LogP contribution in [0.1, 0.15) is 26.2 Å². The minimum Gasteiger partial charge on any atom is -0.389 e. The molecule has 2 unspecified atom stereocenters. The van der Waals surface area contributed by atoms with Gasteiger partial charge in [0.2, 0.25) is 0 Å². The van der Waals surface area contributed by atoms with Crippen LogP contribution in [0.5, 0.6) is 0 Å². The van der Waals surface area contributed by atoms with Crippen molar-refractivity contribution in [3.05, 3.63) is 0 Å². The number of rotatable bonds is 3. The van der Waals surface area contributed by atoms with Gasteiger partial charge in [0, 0.05) is 18.9 Å². The molecule has 3 heteroatoms. The van der Waals surface area contributed by atoms with Crippen molar-refractivity contribution in [1.82, 2.24) is 0 Å². The van der Waals surface area contributed by atoms with Crippen molar-refractivity contribution in [1.29, 1.82) is 0 Å². The second-order valence-electron chi connectivity index (χ2n) is 3.64. The minimum absolute atomic E-state index is 0.122. The lowest BCUT2D eigenvalue weighted by Crippen LogP contribution is -2.39. The van der Waals surface area contributed by atoms with Gasteiger partial charge in [-0.3, -0.25) is 0 Å². The van der Waals surface area contributed by atoms with Gasteiger partial charge in [-0.1, -0.05) is 0 Å². The van der Waals surface area contributed by atoms with Gasteiger partial charge in [-0.05, 0) is 19.8 Å². The SMILES string of the molecule is CC(O)(CC=O)C1CCCOC1. The van der Waals surface area contributed by atoms with Crippen molar-refractivity contribution in [2.45, 2.75) is 31.8 Å². The van der Waals surface area contributed by atoms with Crippen LogP contribution in [-0.2, 0) is 9.53 Å². The second kappa shape index (κ2) is 4.01. The smallest absolute Gasteiger partial charge is 0.122 e. The third-order valence-corrected chi connectivity index (χ3v) is 2.54. The van der Waals surface area contributed by atoms with Crippen LogP contribution in [0.3, 0.4) is 0 Å². The number of hydrogen-bond acceptors (Lipinski definition) is 3. The second-order valence-corrected chi connectivity index (χ2v) is 3.64. The van der Waals surface area contributed by atoms with E-state index < -0.39 is 5.60 Å². The Morgan fingerprint density at radius 3 is 3.00 bits per heavy atom. The Kier molecular flexibility index (Phi) is 3.23. The fourth-order valence-corrected chi connectivity index (χ4v) is 1.57. The highest BCUT2D eigenvalue weighted by molar-refractivity contribution is 5.51. The molecule has 1 heterocycles. The predicted molar refractivity (Wildman–Crippen MR) is 44.8 cm³/mol. The first-order chi connectivity index (χ1) is 5.67. The Bertz CT molecular complexity index is 148. The molecule has 70 valence electrons. The molecule has 12 heavy (non-hydrogen) atoms. The normalized spacial score (nSPS) is 29.3. The lowest BCUT2D eigenvalue weighted by atomic mass is 9.83. The van der Waals surface area contributed by atoms with Crippen LogP contribution in [0, 0.1) is 5.92 Å². The first kappa shape index (κ1) is 9.68. The molecule has 3 nitrogen and oxygen atoms in total. The molecule has 0 saturated carbocycles. The third kappa shape index (κ3) is 2.29. The lowest BCUT2D eigenvalue weighted by molar-refractivity contribution is -0.117. The molecule has 0 aromatic rings. The Balaban J connectivity index is 2.47. The molecule has 1 N–H and O–H groups in total. The van der Waals surface area contributed by atoms with Gasteiger partial charge in [0.1, 0.15) is 6.29 Å². The molecule has 0 amide bonds. The molecule has 1 aliphatic heterocycles. The Morgan fingerprint density at radius 1 is 1.75 bits per heavy atom. The summed E-state index contributed by atoms with van der Waals surface area (Å²) in [4.78, 5) is 10.3. The molecule has 1 rings (SSSR count). The highest BCUT2D eigenvalue weighted by atomic mass is 16.5. The van der Waals surface area contributed by atoms with Crippen molar-refractivity contribution >= 4 is 6.29 Å². The van der Waals surface area contributed by atoms with Crippen LogP contribution in [0.2, 0.25) is 0 Å². The van der Waals surface area contributed by atoms with E-state index in [1.165, 1.54) is 0 Å². The zero-order valence-corrected chi connectivity index (χ0v) is 7.45. The van der Waals surface area contributed by atoms with Crippen LogP contribution in [0.4, 0.5) is 0 Å². The maximum Gasteiger partial charge on any atom is 0.122 e. The van der Waals surface area contributed by atoms with Crippen LogP contribution in [0.25, 0.3) is 0 Å². The van der Waals surface area contributed by atoms with Crippen molar-refractivity contribution in [3.63, 3.8) is 0 Å². The van der Waals surface area contributed by atoms with Crippen molar-refractivity contribution in [2.75, 3.05) is 13.2 Å². The zero-order chi connectivity index (χ0) is 9.03. The number of carbonyl (C=O) groups is 1. The Morgan fingerprint density at radius 2 is 2.50 bits per heavy atom. The topological polar surface area (TPSA) is 46.5 Å². The summed E-state index contributed by atoms with van der Waals surface area (Å²) in [5.41, 5.74) is -0.873. The first-order valence-electron chi connectivity index (χ1n) is 4.40. The van der Waals surface area contributed by atoms with Gasteiger partial charge >= 0.3 is 0 Å². The van der Waals surface area contributed by atoms with Gasteiger partial charge in [0.15, 0.2) is 0 Å². The number of aliphatic hydroxyl groups is 1. The highest BCUT2D eigenvalue weighted by Crippen LogP contribution is 2.27. The van der Waals surface area contributed by atoms with Crippen molar-refractivity contribution < 1.29 is 14.6 Å². The summed E-state index contributed by atoms with van der Waals surface area (Å²) in [5.74, 6) is 0.122. The highest BCUT2D eigenvalue weighted by Gasteiger charge is 2.32. The third-order valence-electron chi connectivity index (χ3n) is 2.54. The summed E-state index contributed by atoms with van der Waals surface area (Å²) < 4.78 is 5.24. The maximum atomic E-state index is 10.3. The van der Waals surface area contributed by atoms with Crippen LogP contribution < -0.4 is 0 Å². The average Bonchev–Trinajstić information content (AvgIpc) is 2.06. The van der Waals surface area contributed by atoms with Gasteiger partial charge in [0.05, 0.1) is 12.2 Å². The molecule has 1 saturated heterocycles. The van der Waals surface area contributed by atoms with E-state index in [4.69, 9.17) is 4.74 Å². The van der Waals surface area contributed by atoms with E-state index in [2.05, 4.69) is 0 Å². The number of hydrogen-bond donors (Lipinski definition) is 1. The van der Waals surface area contributed by atoms with Gasteiger partial charge in [0.25, 0.3) is 0 Å². The summed E-state index contributed by atoms with van der Waals surface area (Å²) in [6.45, 7) is 3.08. The standard InChI is InChI=1S/C9H16O3/c1-9(11,4-5-10)8-3-2-6-12-7-8/h5,8,11H,2-4,6-7H2,1H3. The van der Waals surface area contributed by atoms with Gasteiger partial charge in [-0.2, -0.15) is 0 Å². The first-order valence-corrected chi connectivity index (χ1v) is 4.40. The Labute approximate surface area is 72.7 Å². The molecule has 0 bridgehead atoms. The average molecular weight is 172 g/mol. The maximum absolute atomic E-state index is 10.3. The molecule has 2 atom stereocenters. The lowest BCUT2D eigenvalue weighted by Gasteiger charge is -2.33. The van der Waals surface area contributed by atoms with Crippen LogP contribution in [0.15, 0.2) is 0 Å². The quantitative estimate of drug-likeness (QED) is 0.639. The van der Waals surface area contributed by atoms with Gasteiger partial charge in [-0.15, -0.1) is 0 Å². The van der Waals surface area contributed by atoms with Crippen LogP contribution >= 0.6 is 0 Å². The van der Waals surface area contributed by atoms with E-state index in [0.717, 1.165) is 25.7 Å². The summed E-state index contributed by atoms with van der Waals surface area (Å²) in [5, 5.41) is 9.83. The van der Waals surface area contributed by atoms with E-state index >= 15 is 0 Å². The predicted octanol–water partition coefficient (Wildman–Crippen LogP) is 0.753. The Hall–Kier alpha value is -0.410. The van der Waals surface area contributed by atoms with E-state index in [-0.39, 0.29) is 12.3 Å². The molecule has 0 aromatic carbocycles. The number of ether oxygens (including phenoxy) is 1. The molecule has 0 aromatic heterocycles. The largest absolute Gasteiger partial charge is 0.389 e. The number of aldehydes is 1. The molecule has 0 spiro atoms. The fraction of sp³-hybridized carbons (Fsp3) is 0.889. The van der Waals surface area contributed by atoms with Gasteiger partial charge in [-0.25, -0.2) is 0 Å². The molecule has 1 aliphatic rings. The summed E-state index contributed by atoms with van der Waals surface area (Å²) >= 11 is 0. The summed E-state index contributed by atoms with van der Waals surface area (Å²) in [6, 6.07) is 0. The van der Waals surface area contributed by atoms with E-state index in [1.807, 2.05) is 0 Å². The van der Waals surface area contributed by atoms with Crippen molar-refractivity contribution in [3.8, 4) is 0 Å². The van der Waals surface area contributed by atoms with E-state index in [1.54, 1.807) is 6.92 Å².